The van der Waals surface area contributed by atoms with Crippen LogP contribution in [0.2, 0.25) is 0 Å². The molecule has 5 heteroatoms. The van der Waals surface area contributed by atoms with Gasteiger partial charge in [-0.3, -0.25) is 4.79 Å². The maximum Gasteiger partial charge on any atom is 0.306 e. The highest BCUT2D eigenvalue weighted by Crippen LogP contribution is 2.34. The van der Waals surface area contributed by atoms with Gasteiger partial charge in [0.2, 0.25) is 0 Å². The molecule has 0 saturated carbocycles. The van der Waals surface area contributed by atoms with Crippen molar-refractivity contribution in [2.75, 3.05) is 20.8 Å². The molecule has 0 radical (unpaired) electrons. The van der Waals surface area contributed by atoms with Crippen molar-refractivity contribution in [3.63, 3.8) is 0 Å². The zero-order valence-corrected chi connectivity index (χ0v) is 10.4. The molecule has 1 fully saturated rings. The van der Waals surface area contributed by atoms with Gasteiger partial charge in [-0.25, -0.2) is 0 Å². The Labute approximate surface area is 105 Å². The fraction of sp³-hybridized carbons (Fsp3) is 0.462. The van der Waals surface area contributed by atoms with Gasteiger partial charge in [0.25, 0.3) is 0 Å². The Hall–Kier alpha value is -1.75. The van der Waals surface area contributed by atoms with Crippen molar-refractivity contribution in [3.05, 3.63) is 23.8 Å². The summed E-state index contributed by atoms with van der Waals surface area (Å²) in [6, 6.07) is 5.20. The summed E-state index contributed by atoms with van der Waals surface area (Å²) in [7, 11) is 3.09. The summed E-state index contributed by atoms with van der Waals surface area (Å²) in [5.41, 5.74) is 0.691. The van der Waals surface area contributed by atoms with Crippen LogP contribution in [0.25, 0.3) is 0 Å². The molecule has 0 unspecified atom stereocenters. The molecule has 1 aromatic carbocycles. The van der Waals surface area contributed by atoms with Crippen molar-refractivity contribution < 1.29 is 24.1 Å². The fourth-order valence-corrected chi connectivity index (χ4v) is 2.04. The largest absolute Gasteiger partial charge is 0.493 e. The molecule has 0 amide bonds. The minimum Gasteiger partial charge on any atom is -0.493 e. The first-order valence-electron chi connectivity index (χ1n) is 5.71. The van der Waals surface area contributed by atoms with Crippen LogP contribution in [0.4, 0.5) is 0 Å². The Morgan fingerprint density at radius 3 is 2.61 bits per heavy atom. The van der Waals surface area contributed by atoms with Crippen LogP contribution in [0.5, 0.6) is 11.5 Å². The molecule has 98 valence electrons. The minimum absolute atomic E-state index is 0.199. The van der Waals surface area contributed by atoms with E-state index < -0.39 is 6.10 Å². The van der Waals surface area contributed by atoms with Crippen LogP contribution in [0.1, 0.15) is 18.1 Å². The van der Waals surface area contributed by atoms with E-state index in [0.29, 0.717) is 17.1 Å². The number of hydrogen-bond acceptors (Lipinski definition) is 5. The zero-order chi connectivity index (χ0) is 13.1. The smallest absolute Gasteiger partial charge is 0.306 e. The predicted molar refractivity (Wildman–Crippen MR) is 63.6 cm³/mol. The van der Waals surface area contributed by atoms with Gasteiger partial charge >= 0.3 is 5.97 Å². The predicted octanol–water partition coefficient (Wildman–Crippen LogP) is 1.30. The van der Waals surface area contributed by atoms with Crippen molar-refractivity contribution in [1.82, 2.24) is 0 Å². The second-order valence-corrected chi connectivity index (χ2v) is 4.21. The third-order valence-corrected chi connectivity index (χ3v) is 3.08. The van der Waals surface area contributed by atoms with Crippen LogP contribution in [-0.2, 0) is 9.53 Å². The second kappa shape index (κ2) is 5.27. The Kier molecular flexibility index (Phi) is 3.72. The maximum absolute atomic E-state index is 11.0. The molecule has 0 bridgehead atoms. The van der Waals surface area contributed by atoms with Gasteiger partial charge < -0.3 is 19.3 Å². The summed E-state index contributed by atoms with van der Waals surface area (Å²) in [6.45, 7) is 0.258. The number of rotatable bonds is 4. The highest BCUT2D eigenvalue weighted by molar-refractivity contribution is 5.71. The van der Waals surface area contributed by atoms with Crippen molar-refractivity contribution in [1.29, 1.82) is 0 Å². The summed E-state index contributed by atoms with van der Waals surface area (Å²) < 4.78 is 15.2. The van der Waals surface area contributed by atoms with Crippen LogP contribution in [0, 0.1) is 5.92 Å². The molecule has 1 heterocycles. The molecule has 1 N–H and O–H groups in total. The van der Waals surface area contributed by atoms with Crippen molar-refractivity contribution in [2.24, 2.45) is 5.92 Å². The number of esters is 1. The molecule has 2 atom stereocenters. The molecule has 5 nitrogen and oxygen atoms in total. The third kappa shape index (κ3) is 2.41. The molecule has 2 rings (SSSR count). The highest BCUT2D eigenvalue weighted by atomic mass is 16.5. The van der Waals surface area contributed by atoms with Gasteiger partial charge in [0, 0.05) is 5.92 Å². The van der Waals surface area contributed by atoms with E-state index in [4.69, 9.17) is 14.2 Å². The lowest BCUT2D eigenvalue weighted by Gasteiger charge is -2.17. The quantitative estimate of drug-likeness (QED) is 0.818. The topological polar surface area (TPSA) is 65.0 Å². The van der Waals surface area contributed by atoms with Crippen LogP contribution in [0.3, 0.4) is 0 Å². The lowest BCUT2D eigenvalue weighted by Crippen LogP contribution is -2.12. The second-order valence-electron chi connectivity index (χ2n) is 4.21. The van der Waals surface area contributed by atoms with Crippen LogP contribution in [0.15, 0.2) is 18.2 Å². The number of carbonyl (C=O) groups is 1. The molecular formula is C13H16O5. The van der Waals surface area contributed by atoms with E-state index in [1.807, 2.05) is 0 Å². The number of cyclic esters (lactones) is 1. The number of carbonyl (C=O) groups excluding carboxylic acids is 1. The van der Waals surface area contributed by atoms with E-state index in [2.05, 4.69) is 0 Å². The van der Waals surface area contributed by atoms with E-state index in [-0.39, 0.29) is 24.9 Å². The first-order chi connectivity index (χ1) is 8.65. The fourth-order valence-electron chi connectivity index (χ4n) is 2.04. The van der Waals surface area contributed by atoms with E-state index in [1.54, 1.807) is 25.3 Å². The summed E-state index contributed by atoms with van der Waals surface area (Å²) in [5, 5.41) is 10.2. The summed E-state index contributed by atoms with van der Waals surface area (Å²) in [4.78, 5) is 11.0. The molecule has 18 heavy (non-hydrogen) atoms. The first-order valence-corrected chi connectivity index (χ1v) is 5.71. The van der Waals surface area contributed by atoms with Crippen molar-refractivity contribution in [3.8, 4) is 11.5 Å². The highest BCUT2D eigenvalue weighted by Gasteiger charge is 2.31. The molecule has 0 aliphatic carbocycles. The maximum atomic E-state index is 11.0. The van der Waals surface area contributed by atoms with Crippen LogP contribution >= 0.6 is 0 Å². The zero-order valence-electron chi connectivity index (χ0n) is 10.4. The average Bonchev–Trinajstić information content (AvgIpc) is 2.83. The molecule has 1 aromatic rings. The normalized spacial score (nSPS) is 20.4. The van der Waals surface area contributed by atoms with Gasteiger partial charge in [0.05, 0.1) is 33.4 Å². The van der Waals surface area contributed by atoms with Gasteiger partial charge in [0.1, 0.15) is 0 Å². The number of aliphatic hydroxyl groups excluding tert-OH is 1. The molecule has 1 aliphatic rings. The Morgan fingerprint density at radius 2 is 2.06 bits per heavy atom. The monoisotopic (exact) mass is 252 g/mol. The summed E-state index contributed by atoms with van der Waals surface area (Å²) in [5.74, 6) is 0.696. The lowest BCUT2D eigenvalue weighted by molar-refractivity contribution is -0.137. The van der Waals surface area contributed by atoms with Gasteiger partial charge in [-0.1, -0.05) is 6.07 Å². The number of methoxy groups -OCH3 is 2. The number of hydrogen-bond donors (Lipinski definition) is 1. The SMILES string of the molecule is COc1ccc([C@H](O)[C@@H]2COC(=O)C2)cc1OC. The van der Waals surface area contributed by atoms with Crippen molar-refractivity contribution >= 4 is 5.97 Å². The Bertz CT molecular complexity index is 443. The Morgan fingerprint density at radius 1 is 1.33 bits per heavy atom. The van der Waals surface area contributed by atoms with Crippen molar-refractivity contribution in [2.45, 2.75) is 12.5 Å². The van der Waals surface area contributed by atoms with Gasteiger partial charge in [-0.2, -0.15) is 0 Å². The summed E-state index contributed by atoms with van der Waals surface area (Å²) >= 11 is 0. The molecule has 0 aromatic heterocycles. The van der Waals surface area contributed by atoms with E-state index in [9.17, 15) is 9.90 Å². The average molecular weight is 252 g/mol. The number of ether oxygens (including phenoxy) is 3. The van der Waals surface area contributed by atoms with Crippen LogP contribution < -0.4 is 9.47 Å². The number of aliphatic hydroxyl groups is 1. The van der Waals surface area contributed by atoms with Gasteiger partial charge in [0.15, 0.2) is 11.5 Å². The number of benzene rings is 1. The molecule has 1 aliphatic heterocycles. The minimum atomic E-state index is -0.740. The van der Waals surface area contributed by atoms with Gasteiger partial charge in [-0.05, 0) is 17.7 Å². The lowest BCUT2D eigenvalue weighted by atomic mass is 9.95. The third-order valence-electron chi connectivity index (χ3n) is 3.08. The molecular weight excluding hydrogens is 236 g/mol. The van der Waals surface area contributed by atoms with Gasteiger partial charge in [-0.15, -0.1) is 0 Å². The Balaban J connectivity index is 2.20. The van der Waals surface area contributed by atoms with E-state index >= 15 is 0 Å². The standard InChI is InChI=1S/C13H16O5/c1-16-10-4-3-8(5-11(10)17-2)13(15)9-6-12(14)18-7-9/h3-5,9,13,15H,6-7H2,1-2H3/t9-,13-/m0/s1. The first kappa shape index (κ1) is 12.7. The molecule has 1 saturated heterocycles. The van der Waals surface area contributed by atoms with E-state index in [0.717, 1.165) is 0 Å². The van der Waals surface area contributed by atoms with Crippen LogP contribution in [-0.4, -0.2) is 31.9 Å². The summed E-state index contributed by atoms with van der Waals surface area (Å²) in [6.07, 6.45) is -0.494. The van der Waals surface area contributed by atoms with E-state index in [1.165, 1.54) is 7.11 Å². The molecule has 0 spiro atoms.